The lowest BCUT2D eigenvalue weighted by molar-refractivity contribution is 0.600. The second kappa shape index (κ2) is 8.97. The minimum atomic E-state index is -4.03. The SMILES string of the molecule is O=S(=O)(Nc1cnc(N2CCN(c3ccccn3)CC2)nc1)c1ccc(F)c(-c2nn[nH]n2)c1. The van der Waals surface area contributed by atoms with Crippen molar-refractivity contribution in [3.8, 4) is 11.4 Å². The molecule has 3 aromatic heterocycles. The molecule has 12 nitrogen and oxygen atoms in total. The predicted octanol–water partition coefficient (Wildman–Crippen LogP) is 1.32. The Balaban J connectivity index is 1.26. The summed E-state index contributed by atoms with van der Waals surface area (Å²) in [6, 6.07) is 9.13. The second-order valence-corrected chi connectivity index (χ2v) is 9.10. The summed E-state index contributed by atoms with van der Waals surface area (Å²) in [5.74, 6) is 0.711. The second-order valence-electron chi connectivity index (χ2n) is 7.42. The van der Waals surface area contributed by atoms with E-state index in [-0.39, 0.29) is 22.0 Å². The van der Waals surface area contributed by atoms with Gasteiger partial charge < -0.3 is 9.80 Å². The largest absolute Gasteiger partial charge is 0.353 e. The molecule has 4 heterocycles. The van der Waals surface area contributed by atoms with Gasteiger partial charge in [-0.05, 0) is 35.5 Å². The minimum Gasteiger partial charge on any atom is -0.353 e. The van der Waals surface area contributed by atoms with Crippen molar-refractivity contribution in [1.29, 1.82) is 0 Å². The van der Waals surface area contributed by atoms with Crippen LogP contribution in [0.1, 0.15) is 0 Å². The lowest BCUT2D eigenvalue weighted by Crippen LogP contribution is -2.47. The van der Waals surface area contributed by atoms with Crippen molar-refractivity contribution in [1.82, 2.24) is 35.6 Å². The summed E-state index contributed by atoms with van der Waals surface area (Å²) in [6.45, 7) is 2.94. The monoisotopic (exact) mass is 482 g/mol. The quantitative estimate of drug-likeness (QED) is 0.412. The maximum Gasteiger partial charge on any atom is 0.262 e. The van der Waals surface area contributed by atoms with Gasteiger partial charge in [0.15, 0.2) is 0 Å². The average molecular weight is 483 g/mol. The highest BCUT2D eigenvalue weighted by atomic mass is 32.2. The van der Waals surface area contributed by atoms with Crippen LogP contribution in [0.25, 0.3) is 11.4 Å². The highest BCUT2D eigenvalue weighted by Gasteiger charge is 2.21. The third-order valence-corrected chi connectivity index (χ3v) is 6.64. The van der Waals surface area contributed by atoms with Gasteiger partial charge in [0.05, 0.1) is 28.5 Å². The molecule has 0 bridgehead atoms. The highest BCUT2D eigenvalue weighted by molar-refractivity contribution is 7.92. The van der Waals surface area contributed by atoms with Gasteiger partial charge >= 0.3 is 0 Å². The van der Waals surface area contributed by atoms with Gasteiger partial charge in [0.2, 0.25) is 11.8 Å². The van der Waals surface area contributed by atoms with Crippen LogP contribution in [0.2, 0.25) is 0 Å². The van der Waals surface area contributed by atoms with Gasteiger partial charge in [-0.15, -0.1) is 10.2 Å². The van der Waals surface area contributed by atoms with Crippen LogP contribution >= 0.6 is 0 Å². The molecular weight excluding hydrogens is 463 g/mol. The zero-order chi connectivity index (χ0) is 23.5. The number of piperazine rings is 1. The number of hydrogen-bond acceptors (Lipinski definition) is 10. The van der Waals surface area contributed by atoms with Gasteiger partial charge in [0, 0.05) is 32.4 Å². The number of nitrogens with zero attached hydrogens (tertiary/aromatic N) is 8. The molecule has 174 valence electrons. The first-order valence-electron chi connectivity index (χ1n) is 10.3. The Morgan fingerprint density at radius 2 is 1.74 bits per heavy atom. The molecule has 1 aliphatic rings. The van der Waals surface area contributed by atoms with Crippen LogP contribution in [0.4, 0.5) is 21.8 Å². The molecule has 0 aliphatic carbocycles. The lowest BCUT2D eigenvalue weighted by atomic mass is 10.2. The van der Waals surface area contributed by atoms with Crippen LogP contribution in [0.15, 0.2) is 59.9 Å². The summed E-state index contributed by atoms with van der Waals surface area (Å²) in [6.07, 6.45) is 4.56. The number of benzene rings is 1. The van der Waals surface area contributed by atoms with E-state index in [1.54, 1.807) is 6.20 Å². The Hall–Kier alpha value is -4.20. The number of rotatable bonds is 6. The summed E-state index contributed by atoms with van der Waals surface area (Å²) in [7, 11) is -4.03. The van der Waals surface area contributed by atoms with Crippen molar-refractivity contribution < 1.29 is 12.8 Å². The van der Waals surface area contributed by atoms with Crippen molar-refractivity contribution in [2.24, 2.45) is 0 Å². The first-order chi connectivity index (χ1) is 16.5. The fourth-order valence-corrected chi connectivity index (χ4v) is 4.60. The van der Waals surface area contributed by atoms with E-state index in [4.69, 9.17) is 0 Å². The molecule has 0 radical (unpaired) electrons. The predicted molar refractivity (Wildman–Crippen MR) is 121 cm³/mol. The maximum absolute atomic E-state index is 14.1. The van der Waals surface area contributed by atoms with Crippen molar-refractivity contribution in [3.63, 3.8) is 0 Å². The summed E-state index contributed by atoms with van der Waals surface area (Å²) in [5.41, 5.74) is 0.0920. The van der Waals surface area contributed by atoms with E-state index in [0.29, 0.717) is 19.0 Å². The van der Waals surface area contributed by atoms with Crippen molar-refractivity contribution >= 4 is 27.5 Å². The fraction of sp³-hybridized carbons (Fsp3) is 0.200. The van der Waals surface area contributed by atoms with Gasteiger partial charge in [0.25, 0.3) is 10.0 Å². The Kier molecular flexibility index (Phi) is 5.71. The van der Waals surface area contributed by atoms with E-state index in [1.807, 2.05) is 23.1 Å². The van der Waals surface area contributed by atoms with E-state index < -0.39 is 15.8 Å². The van der Waals surface area contributed by atoms with Gasteiger partial charge in [-0.1, -0.05) is 6.07 Å². The number of tetrazole rings is 1. The van der Waals surface area contributed by atoms with Crippen LogP contribution in [0.5, 0.6) is 0 Å². The number of sulfonamides is 1. The third-order valence-electron chi connectivity index (χ3n) is 5.26. The van der Waals surface area contributed by atoms with Crippen LogP contribution in [0.3, 0.4) is 0 Å². The minimum absolute atomic E-state index is 0.0506. The molecule has 1 aliphatic heterocycles. The van der Waals surface area contributed by atoms with Crippen LogP contribution in [-0.4, -0.2) is 70.2 Å². The maximum atomic E-state index is 14.1. The molecule has 0 atom stereocenters. The molecule has 0 spiro atoms. The van der Waals surface area contributed by atoms with Gasteiger partial charge in [-0.3, -0.25) is 4.72 Å². The van der Waals surface area contributed by atoms with Gasteiger partial charge in [0.1, 0.15) is 11.6 Å². The van der Waals surface area contributed by atoms with Crippen molar-refractivity contribution in [2.75, 3.05) is 40.7 Å². The van der Waals surface area contributed by atoms with Crippen LogP contribution in [-0.2, 0) is 10.0 Å². The molecule has 0 unspecified atom stereocenters. The fourth-order valence-electron chi connectivity index (χ4n) is 3.55. The molecule has 0 saturated carbocycles. The number of H-pyrrole nitrogens is 1. The normalized spacial score (nSPS) is 14.3. The van der Waals surface area contributed by atoms with Crippen LogP contribution < -0.4 is 14.5 Å². The number of aromatic amines is 1. The molecule has 2 N–H and O–H groups in total. The van der Waals surface area contributed by atoms with E-state index in [9.17, 15) is 12.8 Å². The first-order valence-corrected chi connectivity index (χ1v) is 11.8. The standard InChI is InChI=1S/C20H19FN10O2S/c21-17-5-4-15(11-16(17)19-25-28-29-26-19)34(32,33)27-14-12-23-20(24-13-14)31-9-7-30(8-10-31)18-3-1-2-6-22-18/h1-6,11-13,27H,7-10H2,(H,25,26,28,29). The number of pyridine rings is 1. The Morgan fingerprint density at radius 3 is 2.41 bits per heavy atom. The van der Waals surface area contributed by atoms with Gasteiger partial charge in [-0.2, -0.15) is 5.21 Å². The van der Waals surface area contributed by atoms with Crippen molar-refractivity contribution in [2.45, 2.75) is 4.90 Å². The topological polar surface area (TPSA) is 146 Å². The molecule has 0 amide bonds. The average Bonchev–Trinajstić information content (AvgIpc) is 3.40. The summed E-state index contributed by atoms with van der Waals surface area (Å²) >= 11 is 0. The molecular formula is C20H19FN10O2S. The highest BCUT2D eigenvalue weighted by Crippen LogP contribution is 2.24. The third kappa shape index (κ3) is 4.47. The summed E-state index contributed by atoms with van der Waals surface area (Å²) < 4.78 is 42.2. The summed E-state index contributed by atoms with van der Waals surface area (Å²) in [5, 5.41) is 13.0. The molecule has 1 fully saturated rings. The Morgan fingerprint density at radius 1 is 0.971 bits per heavy atom. The number of hydrogen-bond donors (Lipinski definition) is 2. The summed E-state index contributed by atoms with van der Waals surface area (Å²) in [4.78, 5) is 17.0. The lowest BCUT2D eigenvalue weighted by Gasteiger charge is -2.35. The molecule has 5 rings (SSSR count). The Bertz CT molecular complexity index is 1360. The number of halogens is 1. The number of anilines is 3. The van der Waals surface area contributed by atoms with Gasteiger partial charge in [-0.25, -0.2) is 27.8 Å². The Labute approximate surface area is 193 Å². The first kappa shape index (κ1) is 21.6. The molecule has 4 aromatic rings. The van der Waals surface area contributed by atoms with E-state index in [2.05, 4.69) is 45.2 Å². The molecule has 1 aromatic carbocycles. The molecule has 34 heavy (non-hydrogen) atoms. The number of aromatic nitrogens is 7. The van der Waals surface area contributed by atoms with Crippen LogP contribution in [0, 0.1) is 5.82 Å². The number of nitrogens with one attached hydrogen (secondary N) is 2. The molecule has 14 heteroatoms. The smallest absolute Gasteiger partial charge is 0.262 e. The van der Waals surface area contributed by atoms with E-state index in [1.165, 1.54) is 12.4 Å². The molecule has 1 saturated heterocycles. The van der Waals surface area contributed by atoms with E-state index in [0.717, 1.165) is 37.1 Å². The zero-order valence-corrected chi connectivity index (χ0v) is 18.5. The van der Waals surface area contributed by atoms with E-state index >= 15 is 0 Å². The zero-order valence-electron chi connectivity index (χ0n) is 17.7. The van der Waals surface area contributed by atoms with Crippen molar-refractivity contribution in [3.05, 3.63) is 60.8 Å².